The van der Waals surface area contributed by atoms with Crippen LogP contribution in [-0.2, 0) is 4.79 Å². The maximum absolute atomic E-state index is 11.4. The van der Waals surface area contributed by atoms with Gasteiger partial charge in [0, 0.05) is 12.2 Å². The van der Waals surface area contributed by atoms with E-state index in [2.05, 4.69) is 13.8 Å². The molecule has 0 aromatic heterocycles. The molecule has 1 nitrogen and oxygen atoms in total. The van der Waals surface area contributed by atoms with Crippen molar-refractivity contribution < 1.29 is 4.79 Å². The van der Waals surface area contributed by atoms with Crippen LogP contribution in [0.15, 0.2) is 0 Å². The lowest BCUT2D eigenvalue weighted by atomic mass is 10.2. The highest BCUT2D eigenvalue weighted by Gasteiger charge is 2.01. The second-order valence-electron chi connectivity index (χ2n) is 4.09. The van der Waals surface area contributed by atoms with Gasteiger partial charge in [-0.3, -0.25) is 4.79 Å². The van der Waals surface area contributed by atoms with Gasteiger partial charge in [0.2, 0.25) is 0 Å². The number of rotatable bonds is 10. The lowest BCUT2D eigenvalue weighted by Gasteiger charge is -2.00. The highest BCUT2D eigenvalue weighted by molar-refractivity contribution is 8.13. The van der Waals surface area contributed by atoms with Gasteiger partial charge in [-0.05, 0) is 12.8 Å². The fraction of sp³-hybridized carbons (Fsp3) is 0.923. The molecule has 2 heteroatoms. The molecule has 0 fully saturated rings. The third-order valence-corrected chi connectivity index (χ3v) is 3.51. The molecule has 0 saturated carbocycles. The maximum atomic E-state index is 11.4. The van der Waals surface area contributed by atoms with Crippen molar-refractivity contribution in [1.82, 2.24) is 0 Å². The lowest BCUT2D eigenvalue weighted by molar-refractivity contribution is -0.111. The largest absolute Gasteiger partial charge is 0.287 e. The molecule has 90 valence electrons. The van der Waals surface area contributed by atoms with Crippen molar-refractivity contribution in [3.63, 3.8) is 0 Å². The van der Waals surface area contributed by atoms with Gasteiger partial charge in [0.15, 0.2) is 5.12 Å². The van der Waals surface area contributed by atoms with E-state index in [-0.39, 0.29) is 0 Å². The summed E-state index contributed by atoms with van der Waals surface area (Å²) in [5.41, 5.74) is 0. The molecular formula is C13H26OS. The van der Waals surface area contributed by atoms with Crippen LogP contribution in [0, 0.1) is 0 Å². The molecule has 0 aliphatic carbocycles. The van der Waals surface area contributed by atoms with Crippen LogP contribution in [0.25, 0.3) is 0 Å². The number of hydrogen-bond acceptors (Lipinski definition) is 2. The van der Waals surface area contributed by atoms with E-state index in [1.54, 1.807) is 11.8 Å². The summed E-state index contributed by atoms with van der Waals surface area (Å²) in [5, 5.41) is 0.402. The second kappa shape index (κ2) is 12.1. The summed E-state index contributed by atoms with van der Waals surface area (Å²) in [6, 6.07) is 0. The smallest absolute Gasteiger partial charge is 0.188 e. The number of unbranched alkanes of at least 4 members (excludes halogenated alkanes) is 6. The standard InChI is InChI=1S/C13H26OS/c1-3-5-7-8-10-12-15-13(14)11-9-6-4-2/h3-12H2,1-2H3. The highest BCUT2D eigenvalue weighted by Crippen LogP contribution is 2.13. The zero-order valence-corrected chi connectivity index (χ0v) is 11.2. The van der Waals surface area contributed by atoms with Crippen LogP contribution in [0.3, 0.4) is 0 Å². The number of hydrogen-bond donors (Lipinski definition) is 0. The molecule has 0 spiro atoms. The minimum absolute atomic E-state index is 0.402. The molecule has 0 heterocycles. The van der Waals surface area contributed by atoms with Gasteiger partial charge in [-0.1, -0.05) is 64.1 Å². The first-order valence-electron chi connectivity index (χ1n) is 6.46. The molecule has 0 aromatic rings. The Morgan fingerprint density at radius 2 is 1.47 bits per heavy atom. The highest BCUT2D eigenvalue weighted by atomic mass is 32.2. The maximum Gasteiger partial charge on any atom is 0.188 e. The summed E-state index contributed by atoms with van der Waals surface area (Å²) in [6.07, 6.45) is 10.7. The summed E-state index contributed by atoms with van der Waals surface area (Å²) in [7, 11) is 0. The number of carbonyl (C=O) groups excluding carboxylic acids is 1. The Morgan fingerprint density at radius 1 is 0.867 bits per heavy atom. The molecule has 0 aliphatic heterocycles. The van der Waals surface area contributed by atoms with Crippen LogP contribution in [0.1, 0.15) is 71.6 Å². The van der Waals surface area contributed by atoms with E-state index in [4.69, 9.17) is 0 Å². The molecule has 0 rings (SSSR count). The van der Waals surface area contributed by atoms with Crippen molar-refractivity contribution in [2.45, 2.75) is 71.6 Å². The predicted octanol–water partition coefficient (Wildman–Crippen LogP) is 4.80. The van der Waals surface area contributed by atoms with Crippen LogP contribution in [0.2, 0.25) is 0 Å². The van der Waals surface area contributed by atoms with Gasteiger partial charge in [0.05, 0.1) is 0 Å². The van der Waals surface area contributed by atoms with Crippen LogP contribution in [-0.4, -0.2) is 10.9 Å². The first-order valence-corrected chi connectivity index (χ1v) is 7.45. The van der Waals surface area contributed by atoms with Gasteiger partial charge in [-0.25, -0.2) is 0 Å². The average Bonchev–Trinajstić information content (AvgIpc) is 2.23. The van der Waals surface area contributed by atoms with Crippen molar-refractivity contribution in [2.24, 2.45) is 0 Å². The minimum atomic E-state index is 0.402. The van der Waals surface area contributed by atoms with E-state index in [9.17, 15) is 4.79 Å². The molecule has 0 radical (unpaired) electrons. The van der Waals surface area contributed by atoms with Crippen LogP contribution >= 0.6 is 11.8 Å². The molecule has 15 heavy (non-hydrogen) atoms. The molecule has 0 N–H and O–H groups in total. The lowest BCUT2D eigenvalue weighted by Crippen LogP contribution is -1.93. The van der Waals surface area contributed by atoms with E-state index in [1.165, 1.54) is 44.9 Å². The summed E-state index contributed by atoms with van der Waals surface area (Å²) in [6.45, 7) is 4.40. The summed E-state index contributed by atoms with van der Waals surface area (Å²) in [4.78, 5) is 11.4. The van der Waals surface area contributed by atoms with Crippen LogP contribution in [0.4, 0.5) is 0 Å². The summed E-state index contributed by atoms with van der Waals surface area (Å²) in [5.74, 6) is 1.04. The fourth-order valence-electron chi connectivity index (χ4n) is 1.48. The first kappa shape index (κ1) is 15.0. The Balaban J connectivity index is 3.10. The number of carbonyl (C=O) groups is 1. The van der Waals surface area contributed by atoms with Gasteiger partial charge >= 0.3 is 0 Å². The second-order valence-corrected chi connectivity index (χ2v) is 5.24. The van der Waals surface area contributed by atoms with E-state index in [0.29, 0.717) is 5.12 Å². The Kier molecular flexibility index (Phi) is 12.1. The third-order valence-electron chi connectivity index (χ3n) is 2.50. The third kappa shape index (κ3) is 11.9. The first-order chi connectivity index (χ1) is 7.31. The van der Waals surface area contributed by atoms with Crippen LogP contribution in [0.5, 0.6) is 0 Å². The van der Waals surface area contributed by atoms with Gasteiger partial charge < -0.3 is 0 Å². The molecule has 0 unspecified atom stereocenters. The van der Waals surface area contributed by atoms with Crippen molar-refractivity contribution in [3.8, 4) is 0 Å². The van der Waals surface area contributed by atoms with Crippen molar-refractivity contribution in [2.75, 3.05) is 5.75 Å². The van der Waals surface area contributed by atoms with Crippen LogP contribution < -0.4 is 0 Å². The predicted molar refractivity (Wildman–Crippen MR) is 70.4 cm³/mol. The Labute approximate surface area is 99.4 Å². The topological polar surface area (TPSA) is 17.1 Å². The quantitative estimate of drug-likeness (QED) is 0.502. The van der Waals surface area contributed by atoms with Gasteiger partial charge in [-0.15, -0.1) is 0 Å². The molecule has 0 bridgehead atoms. The monoisotopic (exact) mass is 230 g/mol. The van der Waals surface area contributed by atoms with Crippen molar-refractivity contribution >= 4 is 16.9 Å². The Morgan fingerprint density at radius 3 is 2.13 bits per heavy atom. The summed E-state index contributed by atoms with van der Waals surface area (Å²) >= 11 is 1.55. The van der Waals surface area contributed by atoms with E-state index in [1.807, 2.05) is 0 Å². The van der Waals surface area contributed by atoms with Gasteiger partial charge in [0.25, 0.3) is 0 Å². The van der Waals surface area contributed by atoms with Gasteiger partial charge in [-0.2, -0.15) is 0 Å². The molecule has 0 amide bonds. The Hall–Kier alpha value is 0.0200. The molecular weight excluding hydrogens is 204 g/mol. The normalized spacial score (nSPS) is 10.5. The Bertz CT molecular complexity index is 145. The van der Waals surface area contributed by atoms with Gasteiger partial charge in [0.1, 0.15) is 0 Å². The van der Waals surface area contributed by atoms with Crippen molar-refractivity contribution in [3.05, 3.63) is 0 Å². The van der Waals surface area contributed by atoms with E-state index < -0.39 is 0 Å². The molecule has 0 saturated heterocycles. The zero-order valence-electron chi connectivity index (χ0n) is 10.4. The molecule has 0 aliphatic rings. The average molecular weight is 230 g/mol. The molecule has 0 aromatic carbocycles. The SMILES string of the molecule is CCCCCCCSC(=O)CCCCC. The fourth-order valence-corrected chi connectivity index (χ4v) is 2.35. The zero-order chi connectivity index (χ0) is 11.4. The van der Waals surface area contributed by atoms with E-state index in [0.717, 1.165) is 18.6 Å². The minimum Gasteiger partial charge on any atom is -0.287 e. The number of thioether (sulfide) groups is 1. The molecule has 0 atom stereocenters. The summed E-state index contributed by atoms with van der Waals surface area (Å²) < 4.78 is 0. The van der Waals surface area contributed by atoms with Crippen molar-refractivity contribution in [1.29, 1.82) is 0 Å². The van der Waals surface area contributed by atoms with E-state index >= 15 is 0 Å².